The van der Waals surface area contributed by atoms with E-state index in [1.54, 1.807) is 13.3 Å². The summed E-state index contributed by atoms with van der Waals surface area (Å²) in [6.45, 7) is 1.65. The van der Waals surface area contributed by atoms with Crippen LogP contribution in [0.15, 0.2) is 17.0 Å². The summed E-state index contributed by atoms with van der Waals surface area (Å²) in [5.74, 6) is 0.737. The Balaban J connectivity index is 2.04. The van der Waals surface area contributed by atoms with Gasteiger partial charge >= 0.3 is 0 Å². The zero-order valence-corrected chi connectivity index (χ0v) is 6.45. The molecule has 0 saturated heterocycles. The number of rotatable bonds is 5. The molecule has 0 spiro atoms. The van der Waals surface area contributed by atoms with Gasteiger partial charge in [0.25, 0.3) is 0 Å². The highest BCUT2D eigenvalue weighted by atomic mass is 16.5. The van der Waals surface area contributed by atoms with Gasteiger partial charge in [-0.05, 0) is 0 Å². The maximum atomic E-state index is 5.16. The third-order valence-electron chi connectivity index (χ3n) is 1.16. The van der Waals surface area contributed by atoms with Crippen molar-refractivity contribution in [2.24, 2.45) is 0 Å². The molecule has 62 valence electrons. The molecular formula is C7H11NO3. The van der Waals surface area contributed by atoms with Crippen molar-refractivity contribution in [3.8, 4) is 0 Å². The molecule has 0 saturated carbocycles. The summed E-state index contributed by atoms with van der Waals surface area (Å²) in [4.78, 5) is 3.74. The molecule has 0 fully saturated rings. The van der Waals surface area contributed by atoms with Crippen LogP contribution in [0.2, 0.25) is 0 Å². The topological polar surface area (TPSA) is 44.5 Å². The quantitative estimate of drug-likeness (QED) is 0.594. The largest absolute Gasteiger partial charge is 0.446 e. The van der Waals surface area contributed by atoms with Gasteiger partial charge in [-0.2, -0.15) is 0 Å². The van der Waals surface area contributed by atoms with Crippen molar-refractivity contribution < 1.29 is 13.9 Å². The van der Waals surface area contributed by atoms with Gasteiger partial charge in [-0.15, -0.1) is 0 Å². The Morgan fingerprint density at radius 2 is 2.45 bits per heavy atom. The highest BCUT2D eigenvalue weighted by Crippen LogP contribution is 1.97. The van der Waals surface area contributed by atoms with Gasteiger partial charge in [0.05, 0.1) is 19.4 Å². The molecule has 0 unspecified atom stereocenters. The lowest BCUT2D eigenvalue weighted by Gasteiger charge is -1.98. The minimum Gasteiger partial charge on any atom is -0.446 e. The van der Waals surface area contributed by atoms with Crippen molar-refractivity contribution in [1.29, 1.82) is 0 Å². The van der Waals surface area contributed by atoms with Crippen molar-refractivity contribution >= 4 is 0 Å². The van der Waals surface area contributed by atoms with Gasteiger partial charge in [0, 0.05) is 7.11 Å². The maximum Gasteiger partial charge on any atom is 0.180 e. The molecule has 0 aliphatic heterocycles. The Morgan fingerprint density at radius 1 is 1.55 bits per heavy atom. The van der Waals surface area contributed by atoms with Crippen LogP contribution in [-0.2, 0) is 16.1 Å². The van der Waals surface area contributed by atoms with E-state index >= 15 is 0 Å². The standard InChI is InChI=1S/C7H11NO3/c1-9-2-3-10-5-7-4-8-6-11-7/h4,6H,2-3,5H2,1H3. The van der Waals surface area contributed by atoms with Crippen molar-refractivity contribution in [3.63, 3.8) is 0 Å². The van der Waals surface area contributed by atoms with Gasteiger partial charge in [0.1, 0.15) is 12.4 Å². The molecular weight excluding hydrogens is 146 g/mol. The van der Waals surface area contributed by atoms with Crippen LogP contribution in [0.25, 0.3) is 0 Å². The Morgan fingerprint density at radius 3 is 3.09 bits per heavy atom. The Hall–Kier alpha value is -0.870. The van der Waals surface area contributed by atoms with E-state index in [1.165, 1.54) is 6.39 Å². The van der Waals surface area contributed by atoms with E-state index in [1.807, 2.05) is 0 Å². The third kappa shape index (κ3) is 3.15. The Bertz CT molecular complexity index is 174. The molecule has 0 aliphatic carbocycles. The zero-order chi connectivity index (χ0) is 7.94. The minimum atomic E-state index is 0.462. The van der Waals surface area contributed by atoms with Crippen molar-refractivity contribution in [3.05, 3.63) is 18.4 Å². The molecule has 11 heavy (non-hydrogen) atoms. The van der Waals surface area contributed by atoms with Crippen LogP contribution in [0.1, 0.15) is 5.76 Å². The van der Waals surface area contributed by atoms with Crippen molar-refractivity contribution in [1.82, 2.24) is 4.98 Å². The number of hydrogen-bond donors (Lipinski definition) is 0. The lowest BCUT2D eigenvalue weighted by atomic mass is 10.5. The van der Waals surface area contributed by atoms with E-state index in [2.05, 4.69) is 4.98 Å². The minimum absolute atomic E-state index is 0.462. The zero-order valence-electron chi connectivity index (χ0n) is 6.45. The summed E-state index contributed by atoms with van der Waals surface area (Å²) in [5.41, 5.74) is 0. The summed E-state index contributed by atoms with van der Waals surface area (Å²) < 4.78 is 14.9. The number of hydrogen-bond acceptors (Lipinski definition) is 4. The second-order valence-electron chi connectivity index (χ2n) is 2.01. The van der Waals surface area contributed by atoms with Crippen molar-refractivity contribution in [2.75, 3.05) is 20.3 Å². The monoisotopic (exact) mass is 157 g/mol. The van der Waals surface area contributed by atoms with Gasteiger partial charge in [-0.3, -0.25) is 0 Å². The van der Waals surface area contributed by atoms with E-state index < -0.39 is 0 Å². The first-order valence-corrected chi connectivity index (χ1v) is 3.37. The van der Waals surface area contributed by atoms with E-state index in [0.717, 1.165) is 5.76 Å². The molecule has 1 aromatic heterocycles. The first kappa shape index (κ1) is 8.23. The molecule has 1 heterocycles. The first-order valence-electron chi connectivity index (χ1n) is 3.37. The van der Waals surface area contributed by atoms with Crippen molar-refractivity contribution in [2.45, 2.75) is 6.61 Å². The average Bonchev–Trinajstić information content (AvgIpc) is 2.50. The molecule has 1 aromatic rings. The summed E-state index contributed by atoms with van der Waals surface area (Å²) >= 11 is 0. The molecule has 0 radical (unpaired) electrons. The van der Waals surface area contributed by atoms with Crippen LogP contribution in [0.3, 0.4) is 0 Å². The fourth-order valence-corrected chi connectivity index (χ4v) is 0.628. The molecule has 4 heteroatoms. The van der Waals surface area contributed by atoms with Gasteiger partial charge in [0.15, 0.2) is 6.39 Å². The van der Waals surface area contributed by atoms with Crippen LogP contribution in [0.4, 0.5) is 0 Å². The second-order valence-corrected chi connectivity index (χ2v) is 2.01. The molecule has 0 bridgehead atoms. The second kappa shape index (κ2) is 4.87. The SMILES string of the molecule is COCCOCc1cnco1. The predicted octanol–water partition coefficient (Wildman–Crippen LogP) is 0.838. The van der Waals surface area contributed by atoms with E-state index in [9.17, 15) is 0 Å². The fourth-order valence-electron chi connectivity index (χ4n) is 0.628. The van der Waals surface area contributed by atoms with Gasteiger partial charge in [-0.1, -0.05) is 0 Å². The summed E-state index contributed by atoms with van der Waals surface area (Å²) in [6, 6.07) is 0. The normalized spacial score (nSPS) is 10.3. The molecule has 1 rings (SSSR count). The van der Waals surface area contributed by atoms with E-state index in [0.29, 0.717) is 19.8 Å². The maximum absolute atomic E-state index is 5.16. The van der Waals surface area contributed by atoms with Crippen LogP contribution in [0, 0.1) is 0 Å². The van der Waals surface area contributed by atoms with Gasteiger partial charge in [-0.25, -0.2) is 4.98 Å². The molecule has 0 atom stereocenters. The lowest BCUT2D eigenvalue weighted by Crippen LogP contribution is -2.00. The fraction of sp³-hybridized carbons (Fsp3) is 0.571. The highest BCUT2D eigenvalue weighted by Gasteiger charge is 1.94. The van der Waals surface area contributed by atoms with Crippen LogP contribution < -0.4 is 0 Å². The number of ether oxygens (including phenoxy) is 2. The highest BCUT2D eigenvalue weighted by molar-refractivity contribution is 4.84. The third-order valence-corrected chi connectivity index (χ3v) is 1.16. The van der Waals surface area contributed by atoms with Crippen LogP contribution >= 0.6 is 0 Å². The van der Waals surface area contributed by atoms with E-state index in [4.69, 9.17) is 13.9 Å². The summed E-state index contributed by atoms with van der Waals surface area (Å²) in [7, 11) is 1.64. The summed E-state index contributed by atoms with van der Waals surface area (Å²) in [6.07, 6.45) is 3.02. The molecule has 0 aliphatic rings. The van der Waals surface area contributed by atoms with Gasteiger partial charge in [0.2, 0.25) is 0 Å². The molecule has 0 aromatic carbocycles. The van der Waals surface area contributed by atoms with Crippen LogP contribution in [0.5, 0.6) is 0 Å². The van der Waals surface area contributed by atoms with Gasteiger partial charge < -0.3 is 13.9 Å². The molecule has 0 N–H and O–H groups in total. The number of oxazole rings is 1. The predicted molar refractivity (Wildman–Crippen MR) is 38.0 cm³/mol. The Kier molecular flexibility index (Phi) is 3.64. The smallest absolute Gasteiger partial charge is 0.180 e. The van der Waals surface area contributed by atoms with E-state index in [-0.39, 0.29) is 0 Å². The molecule has 4 nitrogen and oxygen atoms in total. The average molecular weight is 157 g/mol. The Labute approximate surface area is 65.1 Å². The number of nitrogens with zero attached hydrogens (tertiary/aromatic N) is 1. The molecule has 0 amide bonds. The summed E-state index contributed by atoms with van der Waals surface area (Å²) in [5, 5.41) is 0. The first-order chi connectivity index (χ1) is 5.43. The van der Waals surface area contributed by atoms with Crippen LogP contribution in [-0.4, -0.2) is 25.3 Å². The lowest BCUT2D eigenvalue weighted by molar-refractivity contribution is 0.0538. The number of methoxy groups -OCH3 is 1. The number of aromatic nitrogens is 1.